The lowest BCUT2D eigenvalue weighted by Crippen LogP contribution is -2.46. The number of hydrogen-bond donors (Lipinski definition) is 6. The second-order valence-corrected chi connectivity index (χ2v) is 25.7. The highest BCUT2D eigenvalue weighted by Gasteiger charge is 2.49. The summed E-state index contributed by atoms with van der Waals surface area (Å²) in [7, 11) is -0.963. The van der Waals surface area contributed by atoms with Crippen LogP contribution >= 0.6 is 21.6 Å². The monoisotopic (exact) mass is 1320 g/mol. The summed E-state index contributed by atoms with van der Waals surface area (Å²) in [6.45, 7) is 0.732. The first-order valence-electron chi connectivity index (χ1n) is 28.3. The van der Waals surface area contributed by atoms with Crippen molar-refractivity contribution in [3.05, 3.63) is 131 Å². The summed E-state index contributed by atoms with van der Waals surface area (Å²) in [5, 5.41) is 20.7. The van der Waals surface area contributed by atoms with E-state index in [9.17, 15) is 69.4 Å². The number of amides is 6. The van der Waals surface area contributed by atoms with Crippen LogP contribution in [0.15, 0.2) is 102 Å². The second kappa shape index (κ2) is 29.2. The van der Waals surface area contributed by atoms with E-state index in [1.54, 1.807) is 60.9 Å². The predicted molar refractivity (Wildman–Crippen MR) is 323 cm³/mol. The Labute approximate surface area is 525 Å². The van der Waals surface area contributed by atoms with Crippen LogP contribution in [0.3, 0.4) is 0 Å². The average Bonchev–Trinajstić information content (AvgIpc) is 1.43. The average molecular weight is 1320 g/mol. The summed E-state index contributed by atoms with van der Waals surface area (Å²) in [4.78, 5) is 117. The van der Waals surface area contributed by atoms with Crippen LogP contribution in [0.25, 0.3) is 33.2 Å². The number of hydrogen-bond acceptors (Lipinski definition) is 18. The maximum atomic E-state index is 14.5. The van der Waals surface area contributed by atoms with Crippen molar-refractivity contribution in [2.75, 3.05) is 49.6 Å². The number of halogens is 4. The molecule has 6 N–H and O–H groups in total. The largest absolute Gasteiger partial charge is 0.508 e. The number of anilines is 1. The molecule has 2 saturated heterocycles. The lowest BCUT2D eigenvalue weighted by atomic mass is 9.98. The Bertz CT molecular complexity index is 3910. The van der Waals surface area contributed by atoms with E-state index in [0.29, 0.717) is 50.5 Å². The quantitative estimate of drug-likeness (QED) is 0.0149. The summed E-state index contributed by atoms with van der Waals surface area (Å²) in [5.41, 5.74) is 5.01. The number of fused-ring (bicyclic) bond motifs is 2. The van der Waals surface area contributed by atoms with Crippen LogP contribution in [0.2, 0.25) is 0 Å². The fourth-order valence-electron chi connectivity index (χ4n) is 10.5. The highest BCUT2D eigenvalue weighted by molar-refractivity contribution is 8.76. The number of methoxy groups -OCH3 is 1. The molecule has 3 aliphatic rings. The number of aromatic nitrogens is 3. The van der Waals surface area contributed by atoms with Crippen LogP contribution in [0.4, 0.5) is 28.0 Å². The third-order valence-electron chi connectivity index (χ3n) is 15.0. The fourth-order valence-corrected chi connectivity index (χ4v) is 13.6. The van der Waals surface area contributed by atoms with Crippen LogP contribution in [0, 0.1) is 17.6 Å². The molecule has 0 spiro atoms. The number of nitrogens with one attached hydrogen (secondary N) is 5. The van der Waals surface area contributed by atoms with Gasteiger partial charge in [0.15, 0.2) is 0 Å². The molecule has 31 heteroatoms. The normalized spacial score (nSPS) is 16.9. The molecule has 6 heterocycles. The Morgan fingerprint density at radius 2 is 1.64 bits per heavy atom. The summed E-state index contributed by atoms with van der Waals surface area (Å²) >= 11 is 0. The zero-order valence-electron chi connectivity index (χ0n) is 48.7. The molecule has 3 aliphatic heterocycles. The van der Waals surface area contributed by atoms with E-state index in [1.165, 1.54) is 42.0 Å². The lowest BCUT2D eigenvalue weighted by molar-refractivity contribution is -0.141. The summed E-state index contributed by atoms with van der Waals surface area (Å²) in [6.07, 6.45) is 2.39. The van der Waals surface area contributed by atoms with E-state index in [-0.39, 0.29) is 94.1 Å². The molecule has 2 fully saturated rings. The van der Waals surface area contributed by atoms with E-state index < -0.39 is 111 Å². The Kier molecular flexibility index (Phi) is 21.3. The first-order valence-corrected chi connectivity index (χ1v) is 32.3. The molecule has 1 unspecified atom stereocenters. The number of aliphatic carboxylic acids is 1. The Balaban J connectivity index is 0.642. The number of nitrogens with zero attached hydrogens (tertiary/aromatic N) is 5. The maximum absolute atomic E-state index is 14.5. The van der Waals surface area contributed by atoms with Crippen LogP contribution < -0.4 is 30.7 Å². The summed E-state index contributed by atoms with van der Waals surface area (Å²) in [6, 6.07) is 16.1. The molecule has 0 aliphatic carbocycles. The van der Waals surface area contributed by atoms with Crippen molar-refractivity contribution in [2.45, 2.75) is 87.7 Å². The molecular formula is C60H60F4N10O14S3. The van der Waals surface area contributed by atoms with E-state index in [1.807, 2.05) is 6.07 Å². The molecule has 0 radical (unpaired) electrons. The van der Waals surface area contributed by atoms with Gasteiger partial charge in [-0.25, -0.2) is 40.6 Å². The van der Waals surface area contributed by atoms with Crippen molar-refractivity contribution in [3.63, 3.8) is 0 Å². The molecule has 480 valence electrons. The molecule has 91 heavy (non-hydrogen) atoms. The highest BCUT2D eigenvalue weighted by Crippen LogP contribution is 2.37. The highest BCUT2D eigenvalue weighted by atomic mass is 33.1. The van der Waals surface area contributed by atoms with Gasteiger partial charge in [0.25, 0.3) is 21.9 Å². The van der Waals surface area contributed by atoms with Gasteiger partial charge in [-0.15, -0.1) is 0 Å². The molecule has 9 rings (SSSR count). The fraction of sp³-hybridized carbons (Fsp3) is 0.350. The van der Waals surface area contributed by atoms with Gasteiger partial charge < -0.3 is 50.4 Å². The van der Waals surface area contributed by atoms with Gasteiger partial charge in [-0.2, -0.15) is 0 Å². The van der Waals surface area contributed by atoms with Crippen LogP contribution in [0.1, 0.15) is 66.2 Å². The van der Waals surface area contributed by atoms with Gasteiger partial charge in [-0.3, -0.25) is 43.5 Å². The minimum absolute atomic E-state index is 0.00205. The number of carbonyl (C=O) groups is 8. The van der Waals surface area contributed by atoms with Crippen LogP contribution in [-0.4, -0.2) is 155 Å². The molecular weight excluding hydrogens is 1260 g/mol. The van der Waals surface area contributed by atoms with Gasteiger partial charge in [-0.05, 0) is 84.1 Å². The van der Waals surface area contributed by atoms with Crippen LogP contribution in [0.5, 0.6) is 5.88 Å². The minimum Gasteiger partial charge on any atom is -0.480 e. The third kappa shape index (κ3) is 16.8. The third-order valence-corrected chi connectivity index (χ3v) is 18.8. The molecule has 3 aromatic carbocycles. The number of sulfonamides is 1. The van der Waals surface area contributed by atoms with E-state index >= 15 is 0 Å². The number of benzene rings is 3. The van der Waals surface area contributed by atoms with Crippen molar-refractivity contribution in [2.24, 2.45) is 5.92 Å². The van der Waals surface area contributed by atoms with E-state index in [2.05, 4.69) is 40.9 Å². The van der Waals surface area contributed by atoms with Crippen molar-refractivity contribution < 1.29 is 83.7 Å². The van der Waals surface area contributed by atoms with Gasteiger partial charge >= 0.3 is 12.1 Å². The summed E-state index contributed by atoms with van der Waals surface area (Å²) in [5.74, 6) is -10.5. The van der Waals surface area contributed by atoms with Crippen molar-refractivity contribution >= 4 is 95.8 Å². The van der Waals surface area contributed by atoms with Gasteiger partial charge in [0, 0.05) is 122 Å². The Morgan fingerprint density at radius 1 is 0.868 bits per heavy atom. The van der Waals surface area contributed by atoms with Crippen molar-refractivity contribution in [3.8, 4) is 28.1 Å². The van der Waals surface area contributed by atoms with Gasteiger partial charge in [0.05, 0.1) is 24.9 Å². The number of likely N-dealkylation sites (tertiary alicyclic amines) is 1. The summed E-state index contributed by atoms with van der Waals surface area (Å²) < 4.78 is 100. The number of ether oxygens (including phenoxy) is 3. The topological polar surface area (TPSA) is 324 Å². The number of carboxylic acid groups (broad SMARTS) is 1. The Hall–Kier alpha value is -9.10. The minimum atomic E-state index is -4.53. The first-order chi connectivity index (χ1) is 43.4. The first kappa shape index (κ1) is 66.3. The SMILES string of the molecule is COc1ncc(-c2ccc3nccc(-c4ccc(COC(=O)OCCSSCC(NC(=O)CCC(=O)NCCNC(=O)c5cccc6c5CN(C(=O)C[C@@H]5C[C@@H](C(=O)N7CC(F)(F)C[C@H]7C)NC5=O)C6)C(=O)O)nc4)c3c2)cc1NS(=O)(=O)c1ccc(F)cc1F. The molecule has 6 amide bonds. The molecule has 4 atom stereocenters. The number of alkyl halides is 2. The standard InChI is InChI=1S/C60H60F4N10O14S3/c1-33-25-60(63,64)32-74(33)57(80)48-21-37(54(78)71-48)23-53(77)73-28-36-4-3-5-42(44(36)29-73)55(79)67-17-16-66-51(75)12-13-52(76)70-49(58(81)82)31-90-89-19-18-87-59(83)88-30-40-9-6-35(26-68-40)41-14-15-65-46-10-7-34(20-43(41)46)38-22-47(56(86-2)69-27-38)72-91(84,85)50-11-8-39(61)24-45(50)62/h3-11,14-15,20,22,24,26-27,33,37,48-49,72H,12-13,16-19,21,23,25,28-32H2,1-2H3,(H,66,75)(H,67,79)(H,70,76)(H,71,78)(H,81,82)/t33-,37+,48+,49?/m1/s1. The molecule has 24 nitrogen and oxygen atoms in total. The smallest absolute Gasteiger partial charge is 0.480 e. The van der Waals surface area contributed by atoms with E-state index in [4.69, 9.17) is 14.2 Å². The zero-order valence-corrected chi connectivity index (χ0v) is 51.1. The van der Waals surface area contributed by atoms with Crippen LogP contribution in [-0.2, 0) is 68.0 Å². The molecule has 0 bridgehead atoms. The predicted octanol–water partition coefficient (Wildman–Crippen LogP) is 6.37. The second-order valence-electron chi connectivity index (χ2n) is 21.4. The van der Waals surface area contributed by atoms with Gasteiger partial charge in [-0.1, -0.05) is 45.9 Å². The number of carbonyl (C=O) groups excluding carboxylic acids is 7. The van der Waals surface area contributed by atoms with Crippen molar-refractivity contribution in [1.82, 2.24) is 46.0 Å². The number of rotatable bonds is 26. The Morgan fingerprint density at radius 3 is 2.37 bits per heavy atom. The van der Waals surface area contributed by atoms with Crippen molar-refractivity contribution in [1.29, 1.82) is 0 Å². The zero-order chi connectivity index (χ0) is 65.1. The molecule has 3 aromatic heterocycles. The van der Waals surface area contributed by atoms with Gasteiger partial charge in [0.2, 0.25) is 35.4 Å². The van der Waals surface area contributed by atoms with Gasteiger partial charge in [0.1, 0.15) is 47.5 Å². The lowest BCUT2D eigenvalue weighted by Gasteiger charge is -2.24. The molecule has 0 saturated carbocycles. The maximum Gasteiger partial charge on any atom is 0.508 e. The number of carboxylic acids is 1. The molecule has 6 aromatic rings. The number of pyridine rings is 3. The van der Waals surface area contributed by atoms with E-state index in [0.717, 1.165) is 39.0 Å².